The smallest absolute Gasteiger partial charge is 0.165 e. The number of nitrogen functional groups attached to an aromatic ring is 1. The Labute approximate surface area is 185 Å². The third-order valence-corrected chi connectivity index (χ3v) is 6.90. The minimum Gasteiger partial charge on any atom is -0.382 e. The summed E-state index contributed by atoms with van der Waals surface area (Å²) < 4.78 is 2.01. The van der Waals surface area contributed by atoms with Crippen LogP contribution in [-0.4, -0.2) is 25.4 Å². The summed E-state index contributed by atoms with van der Waals surface area (Å²) in [5.41, 5.74) is 16.4. The molecule has 1 fully saturated rings. The molecule has 2 bridgehead atoms. The summed E-state index contributed by atoms with van der Waals surface area (Å²) in [4.78, 5) is 20.5. The van der Waals surface area contributed by atoms with Crippen LogP contribution in [0.1, 0.15) is 35.4 Å². The molecule has 0 saturated heterocycles. The van der Waals surface area contributed by atoms with Gasteiger partial charge in [0.1, 0.15) is 17.7 Å². The van der Waals surface area contributed by atoms with Crippen molar-refractivity contribution in [1.29, 1.82) is 0 Å². The maximum Gasteiger partial charge on any atom is 0.165 e. The summed E-state index contributed by atoms with van der Waals surface area (Å²) >= 11 is 0. The second kappa shape index (κ2) is 6.26. The van der Waals surface area contributed by atoms with Gasteiger partial charge in [-0.15, -0.1) is 0 Å². The molecule has 4 aliphatic rings. The highest BCUT2D eigenvalue weighted by molar-refractivity contribution is 6.15. The van der Waals surface area contributed by atoms with Crippen LogP contribution in [-0.2, 0) is 6.54 Å². The Morgan fingerprint density at radius 3 is 2.81 bits per heavy atom. The predicted octanol–water partition coefficient (Wildman–Crippen LogP) is 4.57. The SMILES string of the molecule is Cc1cccc2c1C1=C3CC(C3)c3ccccc3N1C(Cn1cnc3c(N)ncnc31)=N2. The van der Waals surface area contributed by atoms with Crippen LogP contribution in [0.4, 0.5) is 17.2 Å². The molecule has 8 rings (SSSR count). The zero-order chi connectivity index (χ0) is 21.4. The Hall–Kier alpha value is -4.00. The summed E-state index contributed by atoms with van der Waals surface area (Å²) in [7, 11) is 0. The first-order chi connectivity index (χ1) is 15.7. The van der Waals surface area contributed by atoms with Gasteiger partial charge in [0.2, 0.25) is 0 Å². The van der Waals surface area contributed by atoms with Crippen molar-refractivity contribution in [1.82, 2.24) is 19.5 Å². The molecule has 0 amide bonds. The van der Waals surface area contributed by atoms with Gasteiger partial charge < -0.3 is 10.3 Å². The number of rotatable bonds is 2. The second-order valence-corrected chi connectivity index (χ2v) is 8.75. The molecule has 1 saturated carbocycles. The van der Waals surface area contributed by atoms with E-state index in [1.54, 1.807) is 6.33 Å². The highest BCUT2D eigenvalue weighted by Crippen LogP contribution is 2.55. The van der Waals surface area contributed by atoms with Gasteiger partial charge in [-0.2, -0.15) is 0 Å². The average Bonchev–Trinajstić information content (AvgIpc) is 3.04. The lowest BCUT2D eigenvalue weighted by molar-refractivity contribution is 0.558. The van der Waals surface area contributed by atoms with Gasteiger partial charge in [-0.05, 0) is 54.5 Å². The Bertz CT molecular complexity index is 1490. The van der Waals surface area contributed by atoms with Crippen molar-refractivity contribution in [2.45, 2.75) is 32.2 Å². The summed E-state index contributed by atoms with van der Waals surface area (Å²) in [6, 6.07) is 15.1. The second-order valence-electron chi connectivity index (χ2n) is 8.75. The lowest BCUT2D eigenvalue weighted by Gasteiger charge is -2.35. The van der Waals surface area contributed by atoms with Crippen molar-refractivity contribution in [2.24, 2.45) is 4.99 Å². The van der Waals surface area contributed by atoms with Gasteiger partial charge in [0.05, 0.1) is 29.9 Å². The lowest BCUT2D eigenvalue weighted by atomic mass is 9.75. The van der Waals surface area contributed by atoms with Crippen LogP contribution in [0.2, 0.25) is 0 Å². The van der Waals surface area contributed by atoms with Gasteiger partial charge in [0.15, 0.2) is 11.5 Å². The van der Waals surface area contributed by atoms with E-state index in [-0.39, 0.29) is 0 Å². The first kappa shape index (κ1) is 17.7. The van der Waals surface area contributed by atoms with Crippen LogP contribution >= 0.6 is 0 Å². The summed E-state index contributed by atoms with van der Waals surface area (Å²) in [5, 5.41) is 0. The summed E-state index contributed by atoms with van der Waals surface area (Å²) in [5.74, 6) is 1.93. The molecule has 2 N–H and O–H groups in total. The Morgan fingerprint density at radius 1 is 1.03 bits per heavy atom. The highest BCUT2D eigenvalue weighted by atomic mass is 15.3. The van der Waals surface area contributed by atoms with Crippen molar-refractivity contribution in [3.05, 3.63) is 77.4 Å². The van der Waals surface area contributed by atoms with Crippen molar-refractivity contribution in [3.63, 3.8) is 0 Å². The largest absolute Gasteiger partial charge is 0.382 e. The number of allylic oxidation sites excluding steroid dienone is 1. The van der Waals surface area contributed by atoms with Crippen LogP contribution in [0.25, 0.3) is 16.9 Å². The number of imidazole rings is 1. The molecule has 2 aromatic heterocycles. The first-order valence-corrected chi connectivity index (χ1v) is 10.9. The van der Waals surface area contributed by atoms with E-state index in [9.17, 15) is 0 Å². The van der Waals surface area contributed by atoms with E-state index in [2.05, 4.69) is 69.2 Å². The number of hydrogen-bond acceptors (Lipinski definition) is 6. The van der Waals surface area contributed by atoms with E-state index in [1.807, 2.05) is 4.57 Å². The Morgan fingerprint density at radius 2 is 1.91 bits per heavy atom. The molecule has 156 valence electrons. The van der Waals surface area contributed by atoms with Crippen molar-refractivity contribution in [2.75, 3.05) is 10.6 Å². The van der Waals surface area contributed by atoms with Crippen molar-refractivity contribution in [3.8, 4) is 0 Å². The van der Waals surface area contributed by atoms with E-state index in [0.29, 0.717) is 23.8 Å². The van der Waals surface area contributed by atoms with Gasteiger partial charge in [0.25, 0.3) is 0 Å². The van der Waals surface area contributed by atoms with Crippen LogP contribution in [0.3, 0.4) is 0 Å². The van der Waals surface area contributed by atoms with E-state index >= 15 is 0 Å². The number of nitrogens with two attached hydrogens (primary N) is 1. The maximum absolute atomic E-state index is 6.02. The molecule has 3 aliphatic heterocycles. The fourth-order valence-corrected chi connectivity index (χ4v) is 5.34. The molecule has 7 heteroatoms. The number of nitrogens with zero attached hydrogens (tertiary/aromatic N) is 6. The van der Waals surface area contributed by atoms with Gasteiger partial charge >= 0.3 is 0 Å². The normalized spacial score (nSPS) is 16.8. The fourth-order valence-electron chi connectivity index (χ4n) is 5.34. The Balaban J connectivity index is 1.47. The molecular weight excluding hydrogens is 398 g/mol. The quantitative estimate of drug-likeness (QED) is 0.514. The highest BCUT2D eigenvalue weighted by Gasteiger charge is 2.40. The van der Waals surface area contributed by atoms with Crippen molar-refractivity contribution < 1.29 is 0 Å². The minimum absolute atomic E-state index is 0.393. The van der Waals surface area contributed by atoms with Crippen LogP contribution < -0.4 is 10.6 Å². The maximum atomic E-state index is 6.02. The topological polar surface area (TPSA) is 85.2 Å². The average molecular weight is 419 g/mol. The zero-order valence-electron chi connectivity index (χ0n) is 17.7. The minimum atomic E-state index is 0.393. The van der Waals surface area contributed by atoms with Crippen molar-refractivity contribution >= 4 is 39.9 Å². The van der Waals surface area contributed by atoms with E-state index in [0.717, 1.165) is 30.0 Å². The third kappa shape index (κ3) is 2.30. The molecule has 0 atom stereocenters. The van der Waals surface area contributed by atoms with Gasteiger partial charge in [0, 0.05) is 5.56 Å². The van der Waals surface area contributed by atoms with Crippen LogP contribution in [0.15, 0.2) is 65.7 Å². The van der Waals surface area contributed by atoms with Gasteiger partial charge in [-0.1, -0.05) is 30.3 Å². The molecule has 0 radical (unpaired) electrons. The molecule has 5 heterocycles. The monoisotopic (exact) mass is 419 g/mol. The van der Waals surface area contributed by atoms with Crippen LogP contribution in [0, 0.1) is 6.92 Å². The molecule has 32 heavy (non-hydrogen) atoms. The predicted molar refractivity (Wildman–Crippen MR) is 126 cm³/mol. The van der Waals surface area contributed by atoms with Gasteiger partial charge in [-0.25, -0.2) is 19.9 Å². The number of anilines is 2. The van der Waals surface area contributed by atoms with E-state index in [1.165, 1.54) is 40.0 Å². The molecule has 0 unspecified atom stereocenters. The molecular formula is C25H21N7. The fraction of sp³-hybridized carbons (Fsp3) is 0.200. The van der Waals surface area contributed by atoms with E-state index in [4.69, 9.17) is 10.7 Å². The number of fused-ring (bicyclic) bond motifs is 2. The molecule has 4 aromatic rings. The number of aryl methyl sites for hydroxylation is 1. The molecule has 7 nitrogen and oxygen atoms in total. The number of amidine groups is 1. The number of para-hydroxylation sites is 1. The first-order valence-electron chi connectivity index (χ1n) is 10.9. The molecule has 0 spiro atoms. The standard InChI is InChI=1S/C25H21N7/c1-14-5-4-7-18-21(14)23-16-9-15(10-16)17-6-2-3-8-19(17)32(23)20(30-18)11-31-13-29-22-24(26)27-12-28-25(22)31/h2-8,12-13,15H,9-11H2,1H3,(H2,26,27,28). The summed E-state index contributed by atoms with van der Waals surface area (Å²) in [6.07, 6.45) is 5.49. The van der Waals surface area contributed by atoms with E-state index < -0.39 is 0 Å². The number of hydrogen-bond donors (Lipinski definition) is 1. The van der Waals surface area contributed by atoms with Crippen LogP contribution in [0.5, 0.6) is 0 Å². The number of aromatic nitrogens is 4. The third-order valence-electron chi connectivity index (χ3n) is 6.90. The van der Waals surface area contributed by atoms with Gasteiger partial charge in [-0.3, -0.25) is 4.90 Å². The number of benzene rings is 2. The Kier molecular flexibility index (Phi) is 3.45. The molecule has 2 aromatic carbocycles. The molecule has 1 aliphatic carbocycles. The number of aliphatic imine (C=N–C) groups is 1. The zero-order valence-corrected chi connectivity index (χ0v) is 17.7. The lowest BCUT2D eigenvalue weighted by Crippen LogP contribution is -2.35. The summed E-state index contributed by atoms with van der Waals surface area (Å²) in [6.45, 7) is 2.72.